The molecule has 1 aliphatic rings. The Labute approximate surface area is 141 Å². The summed E-state index contributed by atoms with van der Waals surface area (Å²) < 4.78 is 0. The van der Waals surface area contributed by atoms with Crippen molar-refractivity contribution in [1.29, 1.82) is 5.26 Å². The Kier molecular flexibility index (Phi) is 4.92. The third kappa shape index (κ3) is 3.82. The molecule has 1 aromatic heterocycles. The van der Waals surface area contributed by atoms with Crippen molar-refractivity contribution >= 4 is 11.7 Å². The summed E-state index contributed by atoms with van der Waals surface area (Å²) >= 11 is 0. The molecule has 0 radical (unpaired) electrons. The first-order chi connectivity index (χ1) is 11.8. The summed E-state index contributed by atoms with van der Waals surface area (Å²) in [4.78, 5) is 20.5. The molecule has 0 saturated carbocycles. The van der Waals surface area contributed by atoms with E-state index in [0.29, 0.717) is 25.2 Å². The first-order valence-electron chi connectivity index (χ1n) is 7.94. The summed E-state index contributed by atoms with van der Waals surface area (Å²) in [6, 6.07) is 15.3. The van der Waals surface area contributed by atoms with Crippen LogP contribution in [0.4, 0.5) is 10.5 Å². The molecule has 0 bridgehead atoms. The molecule has 0 unspecified atom stereocenters. The maximum Gasteiger partial charge on any atom is 0.317 e. The molecule has 1 aliphatic heterocycles. The van der Waals surface area contributed by atoms with E-state index in [4.69, 9.17) is 5.26 Å². The van der Waals surface area contributed by atoms with Crippen LogP contribution in [0.1, 0.15) is 11.3 Å². The van der Waals surface area contributed by atoms with E-state index < -0.39 is 0 Å². The van der Waals surface area contributed by atoms with Crippen LogP contribution in [0.15, 0.2) is 48.7 Å². The maximum atomic E-state index is 12.2. The van der Waals surface area contributed by atoms with Gasteiger partial charge in [-0.3, -0.25) is 4.98 Å². The van der Waals surface area contributed by atoms with Crippen molar-refractivity contribution in [2.75, 3.05) is 31.1 Å². The van der Waals surface area contributed by atoms with Crippen LogP contribution in [0.5, 0.6) is 0 Å². The van der Waals surface area contributed by atoms with E-state index in [1.165, 1.54) is 0 Å². The Morgan fingerprint density at radius 2 is 1.88 bits per heavy atom. The van der Waals surface area contributed by atoms with E-state index in [1.807, 2.05) is 47.4 Å². The number of amides is 2. The van der Waals surface area contributed by atoms with Crippen molar-refractivity contribution in [2.45, 2.75) is 6.54 Å². The monoisotopic (exact) mass is 321 g/mol. The van der Waals surface area contributed by atoms with Gasteiger partial charge in [0.2, 0.25) is 0 Å². The van der Waals surface area contributed by atoms with E-state index in [0.717, 1.165) is 24.5 Å². The van der Waals surface area contributed by atoms with Crippen molar-refractivity contribution in [3.05, 3.63) is 59.9 Å². The van der Waals surface area contributed by atoms with Gasteiger partial charge < -0.3 is 15.1 Å². The van der Waals surface area contributed by atoms with Gasteiger partial charge in [0.1, 0.15) is 0 Å². The summed E-state index contributed by atoms with van der Waals surface area (Å²) in [6.45, 7) is 3.35. The van der Waals surface area contributed by atoms with Gasteiger partial charge >= 0.3 is 6.03 Å². The van der Waals surface area contributed by atoms with Gasteiger partial charge in [-0.25, -0.2) is 4.79 Å². The number of nitriles is 1. The number of urea groups is 1. The molecule has 1 saturated heterocycles. The molecule has 2 aromatic rings. The van der Waals surface area contributed by atoms with Crippen LogP contribution in [0.2, 0.25) is 0 Å². The van der Waals surface area contributed by atoms with Crippen LogP contribution >= 0.6 is 0 Å². The zero-order chi connectivity index (χ0) is 16.8. The molecule has 1 aromatic carbocycles. The number of aromatic nitrogens is 1. The highest BCUT2D eigenvalue weighted by atomic mass is 16.2. The fourth-order valence-electron chi connectivity index (χ4n) is 2.70. The molecule has 6 nitrogen and oxygen atoms in total. The average molecular weight is 321 g/mol. The number of carbonyl (C=O) groups is 1. The molecule has 2 amide bonds. The Balaban J connectivity index is 1.49. The first-order valence-corrected chi connectivity index (χ1v) is 7.94. The Hall–Kier alpha value is -3.07. The number of pyridine rings is 1. The first kappa shape index (κ1) is 15.8. The van der Waals surface area contributed by atoms with Crippen molar-refractivity contribution in [3.8, 4) is 6.07 Å². The topological polar surface area (TPSA) is 72.3 Å². The largest absolute Gasteiger partial charge is 0.368 e. The third-order valence-corrected chi connectivity index (χ3v) is 4.08. The zero-order valence-electron chi connectivity index (χ0n) is 13.4. The second-order valence-electron chi connectivity index (χ2n) is 5.61. The fourth-order valence-corrected chi connectivity index (χ4v) is 2.70. The standard InChI is InChI=1S/C18H19N5O/c19-13-15-4-6-17(7-5-15)22-9-11-23(12-10-22)18(24)21-14-16-3-1-2-8-20-16/h1-8H,9-12,14H2,(H,21,24). The van der Waals surface area contributed by atoms with Crippen LogP contribution < -0.4 is 10.2 Å². The number of benzene rings is 1. The molecule has 0 aliphatic carbocycles. The average Bonchev–Trinajstić information content (AvgIpc) is 2.67. The van der Waals surface area contributed by atoms with Crippen LogP contribution in [-0.4, -0.2) is 42.1 Å². The van der Waals surface area contributed by atoms with Crippen molar-refractivity contribution < 1.29 is 4.79 Å². The predicted octanol–water partition coefficient (Wildman–Crippen LogP) is 1.99. The number of rotatable bonds is 3. The summed E-state index contributed by atoms with van der Waals surface area (Å²) in [5, 5.41) is 11.8. The molecule has 1 fully saturated rings. The molecular formula is C18H19N5O. The number of nitrogens with zero attached hydrogens (tertiary/aromatic N) is 4. The highest BCUT2D eigenvalue weighted by molar-refractivity contribution is 5.74. The summed E-state index contributed by atoms with van der Waals surface area (Å²) in [5.74, 6) is 0. The van der Waals surface area contributed by atoms with Gasteiger partial charge in [0, 0.05) is 38.1 Å². The van der Waals surface area contributed by atoms with E-state index in [2.05, 4.69) is 21.3 Å². The van der Waals surface area contributed by atoms with E-state index in [1.54, 1.807) is 6.20 Å². The van der Waals surface area contributed by atoms with Gasteiger partial charge in [0.05, 0.1) is 23.9 Å². The maximum absolute atomic E-state index is 12.2. The van der Waals surface area contributed by atoms with Crippen LogP contribution in [0.3, 0.4) is 0 Å². The van der Waals surface area contributed by atoms with E-state index >= 15 is 0 Å². The Morgan fingerprint density at radius 3 is 2.50 bits per heavy atom. The van der Waals surface area contributed by atoms with Crippen LogP contribution in [-0.2, 0) is 6.54 Å². The van der Waals surface area contributed by atoms with Crippen LogP contribution in [0.25, 0.3) is 0 Å². The van der Waals surface area contributed by atoms with Crippen molar-refractivity contribution in [1.82, 2.24) is 15.2 Å². The highest BCUT2D eigenvalue weighted by Gasteiger charge is 2.21. The molecule has 6 heteroatoms. The van der Waals surface area contributed by atoms with Gasteiger partial charge in [-0.2, -0.15) is 5.26 Å². The number of hydrogen-bond acceptors (Lipinski definition) is 4. The number of hydrogen-bond donors (Lipinski definition) is 1. The molecule has 1 N–H and O–H groups in total. The normalized spacial score (nSPS) is 14.1. The molecular weight excluding hydrogens is 302 g/mol. The molecule has 24 heavy (non-hydrogen) atoms. The SMILES string of the molecule is N#Cc1ccc(N2CCN(C(=O)NCc3ccccn3)CC2)cc1. The molecule has 2 heterocycles. The quantitative estimate of drug-likeness (QED) is 0.938. The predicted molar refractivity (Wildman–Crippen MR) is 91.4 cm³/mol. The van der Waals surface area contributed by atoms with E-state index in [9.17, 15) is 4.79 Å². The van der Waals surface area contributed by atoms with Crippen molar-refractivity contribution in [3.63, 3.8) is 0 Å². The minimum atomic E-state index is -0.0554. The summed E-state index contributed by atoms with van der Waals surface area (Å²) in [7, 11) is 0. The summed E-state index contributed by atoms with van der Waals surface area (Å²) in [5.41, 5.74) is 2.59. The minimum Gasteiger partial charge on any atom is -0.368 e. The second kappa shape index (κ2) is 7.47. The van der Waals surface area contributed by atoms with Crippen LogP contribution in [0, 0.1) is 11.3 Å². The fraction of sp³-hybridized carbons (Fsp3) is 0.278. The van der Waals surface area contributed by atoms with E-state index in [-0.39, 0.29) is 6.03 Å². The Bertz CT molecular complexity index is 715. The molecule has 3 rings (SSSR count). The lowest BCUT2D eigenvalue weighted by Gasteiger charge is -2.36. The molecule has 0 spiro atoms. The number of piperazine rings is 1. The Morgan fingerprint density at radius 1 is 1.12 bits per heavy atom. The highest BCUT2D eigenvalue weighted by Crippen LogP contribution is 2.17. The van der Waals surface area contributed by atoms with Gasteiger partial charge in [0.25, 0.3) is 0 Å². The smallest absolute Gasteiger partial charge is 0.317 e. The van der Waals surface area contributed by atoms with Gasteiger partial charge in [-0.05, 0) is 36.4 Å². The zero-order valence-corrected chi connectivity index (χ0v) is 13.4. The second-order valence-corrected chi connectivity index (χ2v) is 5.61. The molecule has 122 valence electrons. The number of carbonyl (C=O) groups excluding carboxylic acids is 1. The summed E-state index contributed by atoms with van der Waals surface area (Å²) in [6.07, 6.45) is 1.72. The van der Waals surface area contributed by atoms with Gasteiger partial charge in [-0.15, -0.1) is 0 Å². The molecule has 0 atom stereocenters. The lowest BCUT2D eigenvalue weighted by molar-refractivity contribution is 0.194. The minimum absolute atomic E-state index is 0.0554. The lowest BCUT2D eigenvalue weighted by atomic mass is 10.2. The lowest BCUT2D eigenvalue weighted by Crippen LogP contribution is -2.51. The number of nitrogens with one attached hydrogen (secondary N) is 1. The van der Waals surface area contributed by atoms with Crippen molar-refractivity contribution in [2.24, 2.45) is 0 Å². The number of anilines is 1. The third-order valence-electron chi connectivity index (χ3n) is 4.08. The van der Waals surface area contributed by atoms with Gasteiger partial charge in [-0.1, -0.05) is 6.07 Å². The van der Waals surface area contributed by atoms with Gasteiger partial charge in [0.15, 0.2) is 0 Å².